The Bertz CT molecular complexity index is 409. The van der Waals surface area contributed by atoms with Gasteiger partial charge in [-0.1, -0.05) is 30.3 Å². The van der Waals surface area contributed by atoms with E-state index in [2.05, 4.69) is 35.3 Å². The van der Waals surface area contributed by atoms with E-state index in [1.165, 1.54) is 7.11 Å². The van der Waals surface area contributed by atoms with Gasteiger partial charge in [-0.25, -0.2) is 4.79 Å². The van der Waals surface area contributed by atoms with Crippen molar-refractivity contribution in [1.82, 2.24) is 5.32 Å². The fraction of sp³-hybridized carbons (Fsp3) is 0.333. The monoisotopic (exact) mass is 285 g/mol. The number of hydrogen-bond acceptors (Lipinski definition) is 5. The quantitative estimate of drug-likeness (QED) is 0.570. The van der Waals surface area contributed by atoms with Crippen LogP contribution in [0.2, 0.25) is 0 Å². The molecule has 0 saturated heterocycles. The molecule has 0 unspecified atom stereocenters. The highest BCUT2D eigenvalue weighted by Crippen LogP contribution is 2.10. The second-order valence-electron chi connectivity index (χ2n) is 3.65. The maximum absolute atomic E-state index is 11.9. The Morgan fingerprint density at radius 2 is 1.89 bits per heavy atom. The number of ketones is 1. The van der Waals surface area contributed by atoms with Gasteiger partial charge in [0.2, 0.25) is 0 Å². The SMILES string of the molecule is COC(=O)N[C@@H](Cc1ccccc1)C(=O)C(S)S. The summed E-state index contributed by atoms with van der Waals surface area (Å²) in [5.74, 6) is -0.268. The minimum Gasteiger partial charge on any atom is -0.453 e. The van der Waals surface area contributed by atoms with E-state index in [1.807, 2.05) is 30.3 Å². The fourth-order valence-electron chi connectivity index (χ4n) is 1.45. The number of benzene rings is 1. The van der Waals surface area contributed by atoms with Crippen LogP contribution in [0, 0.1) is 0 Å². The number of carbonyl (C=O) groups is 2. The molecule has 1 rings (SSSR count). The van der Waals surface area contributed by atoms with Crippen LogP contribution in [0.1, 0.15) is 5.56 Å². The first-order valence-electron chi connectivity index (χ1n) is 5.33. The van der Waals surface area contributed by atoms with Crippen LogP contribution in [-0.2, 0) is 16.0 Å². The molecule has 0 aliphatic heterocycles. The Morgan fingerprint density at radius 3 is 2.39 bits per heavy atom. The first-order chi connectivity index (χ1) is 8.54. The predicted octanol–water partition coefficient (Wildman–Crippen LogP) is 1.71. The smallest absolute Gasteiger partial charge is 0.407 e. The number of hydrogen-bond donors (Lipinski definition) is 3. The Kier molecular flexibility index (Phi) is 6.07. The first kappa shape index (κ1) is 14.9. The van der Waals surface area contributed by atoms with Crippen LogP contribution in [-0.4, -0.2) is 29.6 Å². The number of thiol groups is 2. The zero-order valence-corrected chi connectivity index (χ0v) is 11.7. The highest BCUT2D eigenvalue weighted by Gasteiger charge is 2.24. The molecule has 0 aromatic heterocycles. The first-order valence-corrected chi connectivity index (χ1v) is 6.36. The molecule has 1 amide bonds. The van der Waals surface area contributed by atoms with Gasteiger partial charge in [0.05, 0.1) is 13.2 Å². The Morgan fingerprint density at radius 1 is 1.28 bits per heavy atom. The second kappa shape index (κ2) is 7.33. The Hall–Kier alpha value is -1.14. The third-order valence-electron chi connectivity index (χ3n) is 2.36. The van der Waals surface area contributed by atoms with Gasteiger partial charge in [-0.15, -0.1) is 0 Å². The maximum atomic E-state index is 11.9. The summed E-state index contributed by atoms with van der Waals surface area (Å²) in [6.45, 7) is 0. The van der Waals surface area contributed by atoms with E-state index in [1.54, 1.807) is 0 Å². The van der Waals surface area contributed by atoms with Crippen molar-refractivity contribution in [2.75, 3.05) is 7.11 Å². The molecule has 1 atom stereocenters. The third kappa shape index (κ3) is 4.62. The molecule has 0 radical (unpaired) electrons. The lowest BCUT2D eigenvalue weighted by atomic mass is 10.0. The van der Waals surface area contributed by atoms with Crippen molar-refractivity contribution in [3.63, 3.8) is 0 Å². The molecule has 1 aromatic carbocycles. The van der Waals surface area contributed by atoms with E-state index >= 15 is 0 Å². The molecular formula is C12H15NO3S2. The van der Waals surface area contributed by atoms with Gasteiger partial charge in [0, 0.05) is 0 Å². The van der Waals surface area contributed by atoms with Gasteiger partial charge in [-0.3, -0.25) is 4.79 Å². The molecule has 18 heavy (non-hydrogen) atoms. The summed E-state index contributed by atoms with van der Waals surface area (Å²) >= 11 is 7.95. The Labute approximate surface area is 117 Å². The molecular weight excluding hydrogens is 270 g/mol. The van der Waals surface area contributed by atoms with Crippen molar-refractivity contribution in [3.05, 3.63) is 35.9 Å². The molecule has 0 spiro atoms. The highest BCUT2D eigenvalue weighted by atomic mass is 32.2. The molecule has 0 bridgehead atoms. The zero-order chi connectivity index (χ0) is 13.5. The third-order valence-corrected chi connectivity index (χ3v) is 2.87. The zero-order valence-electron chi connectivity index (χ0n) is 9.87. The predicted molar refractivity (Wildman–Crippen MR) is 76.2 cm³/mol. The van der Waals surface area contributed by atoms with Crippen molar-refractivity contribution in [2.45, 2.75) is 17.0 Å². The van der Waals surface area contributed by atoms with Gasteiger partial charge in [0.1, 0.15) is 4.58 Å². The van der Waals surface area contributed by atoms with Crippen LogP contribution in [0.25, 0.3) is 0 Å². The topological polar surface area (TPSA) is 55.4 Å². The van der Waals surface area contributed by atoms with Crippen molar-refractivity contribution < 1.29 is 14.3 Å². The van der Waals surface area contributed by atoms with Crippen molar-refractivity contribution in [3.8, 4) is 0 Å². The second-order valence-corrected chi connectivity index (χ2v) is 5.09. The minimum absolute atomic E-state index is 0.268. The molecule has 98 valence electrons. The van der Waals surface area contributed by atoms with Crippen LogP contribution in [0.4, 0.5) is 4.79 Å². The summed E-state index contributed by atoms with van der Waals surface area (Å²) < 4.78 is 3.76. The Balaban J connectivity index is 2.77. The standard InChI is InChI=1S/C12H15NO3S2/c1-16-12(15)13-9(10(14)11(17)18)7-8-5-3-2-4-6-8/h2-6,9,11,17-18H,7H2,1H3,(H,13,15)/t9-/m0/s1. The number of nitrogens with one attached hydrogen (secondary N) is 1. The molecule has 1 aromatic rings. The lowest BCUT2D eigenvalue weighted by Crippen LogP contribution is -2.44. The van der Waals surface area contributed by atoms with Crippen molar-refractivity contribution in [1.29, 1.82) is 0 Å². The number of amides is 1. The van der Waals surface area contributed by atoms with Gasteiger partial charge in [0.25, 0.3) is 0 Å². The van der Waals surface area contributed by atoms with Gasteiger partial charge >= 0.3 is 6.09 Å². The van der Waals surface area contributed by atoms with E-state index in [0.717, 1.165) is 5.56 Å². The molecule has 0 fully saturated rings. The van der Waals surface area contributed by atoms with Crippen LogP contribution < -0.4 is 5.32 Å². The van der Waals surface area contributed by atoms with E-state index in [0.29, 0.717) is 6.42 Å². The largest absolute Gasteiger partial charge is 0.453 e. The van der Waals surface area contributed by atoms with E-state index in [4.69, 9.17) is 0 Å². The summed E-state index contributed by atoms with van der Waals surface area (Å²) in [4.78, 5) is 23.1. The van der Waals surface area contributed by atoms with Crippen molar-refractivity contribution in [2.24, 2.45) is 0 Å². The molecule has 0 saturated carbocycles. The van der Waals surface area contributed by atoms with E-state index in [9.17, 15) is 9.59 Å². The molecule has 0 heterocycles. The maximum Gasteiger partial charge on any atom is 0.407 e. The van der Waals surface area contributed by atoms with Gasteiger partial charge in [0.15, 0.2) is 5.78 Å². The average molecular weight is 285 g/mol. The van der Waals surface area contributed by atoms with E-state index in [-0.39, 0.29) is 5.78 Å². The van der Waals surface area contributed by atoms with Gasteiger partial charge < -0.3 is 10.1 Å². The number of carbonyl (C=O) groups excluding carboxylic acids is 2. The van der Waals surface area contributed by atoms with Crippen LogP contribution in [0.3, 0.4) is 0 Å². The normalized spacial score (nSPS) is 12.0. The number of ether oxygens (including phenoxy) is 1. The number of rotatable bonds is 5. The van der Waals surface area contributed by atoms with Crippen LogP contribution in [0.15, 0.2) is 30.3 Å². The lowest BCUT2D eigenvalue weighted by molar-refractivity contribution is -0.119. The minimum atomic E-state index is -0.740. The molecule has 1 N–H and O–H groups in total. The summed E-state index contributed by atoms with van der Waals surface area (Å²) in [5.41, 5.74) is 0.939. The molecule has 0 aliphatic carbocycles. The van der Waals surface area contributed by atoms with Crippen molar-refractivity contribution >= 4 is 37.1 Å². The molecule has 6 heteroatoms. The van der Waals surface area contributed by atoms with Crippen LogP contribution >= 0.6 is 25.3 Å². The molecule has 0 aliphatic rings. The summed E-state index contributed by atoms with van der Waals surface area (Å²) in [6.07, 6.45) is -0.265. The van der Waals surface area contributed by atoms with E-state index < -0.39 is 16.7 Å². The average Bonchev–Trinajstić information content (AvgIpc) is 2.38. The number of Topliss-reactive ketones (excluding diaryl/α,β-unsaturated/α-hetero) is 1. The number of methoxy groups -OCH3 is 1. The van der Waals surface area contributed by atoms with Gasteiger partial charge in [-0.2, -0.15) is 25.3 Å². The fourth-order valence-corrected chi connectivity index (χ4v) is 1.81. The lowest BCUT2D eigenvalue weighted by Gasteiger charge is -2.18. The molecule has 4 nitrogen and oxygen atoms in total. The highest BCUT2D eigenvalue weighted by molar-refractivity contribution is 8.00. The summed E-state index contributed by atoms with van der Waals surface area (Å²) in [5, 5.41) is 2.49. The van der Waals surface area contributed by atoms with Gasteiger partial charge in [-0.05, 0) is 12.0 Å². The van der Waals surface area contributed by atoms with Crippen LogP contribution in [0.5, 0.6) is 0 Å². The summed E-state index contributed by atoms with van der Waals surface area (Å²) in [6, 6.07) is 8.69. The number of alkyl carbamates (subject to hydrolysis) is 1. The summed E-state index contributed by atoms with van der Waals surface area (Å²) in [7, 11) is 1.25.